The molecule has 6 heteroatoms. The van der Waals surface area contributed by atoms with Crippen LogP contribution < -0.4 is 5.73 Å². The van der Waals surface area contributed by atoms with Crippen molar-refractivity contribution in [1.29, 1.82) is 0 Å². The maximum absolute atomic E-state index is 11.1. The van der Waals surface area contributed by atoms with Crippen LogP contribution in [0.2, 0.25) is 5.02 Å². The number of halogens is 1. The first kappa shape index (κ1) is 12.4. The summed E-state index contributed by atoms with van der Waals surface area (Å²) >= 11 is 5.85. The smallest absolute Gasteiger partial charge is 0.339 e. The van der Waals surface area contributed by atoms with E-state index in [-0.39, 0.29) is 5.56 Å². The summed E-state index contributed by atoms with van der Waals surface area (Å²) in [5.74, 6) is -0.988. The van der Waals surface area contributed by atoms with E-state index in [1.165, 1.54) is 0 Å². The van der Waals surface area contributed by atoms with Crippen LogP contribution in [-0.2, 0) is 0 Å². The zero-order valence-electron chi connectivity index (χ0n) is 9.94. The standard InChI is InChI=1S/C12H12ClN3O2/c1-6-11(12(17)18)7(2)16(15-6)8-3-4-9(13)10(14)5-8/h3-5H,14H2,1-2H3,(H,17,18). The zero-order chi connectivity index (χ0) is 13.4. The minimum absolute atomic E-state index is 0.212. The van der Waals surface area contributed by atoms with Gasteiger partial charge in [-0.2, -0.15) is 5.10 Å². The molecule has 2 aromatic rings. The molecule has 18 heavy (non-hydrogen) atoms. The third-order valence-electron chi connectivity index (χ3n) is 2.73. The molecule has 0 aliphatic heterocycles. The maximum Gasteiger partial charge on any atom is 0.339 e. The molecule has 0 fully saturated rings. The van der Waals surface area contributed by atoms with Crippen LogP contribution in [0.5, 0.6) is 0 Å². The fraction of sp³-hybridized carbons (Fsp3) is 0.167. The van der Waals surface area contributed by atoms with Gasteiger partial charge in [-0.05, 0) is 32.0 Å². The Morgan fingerprint density at radius 1 is 1.44 bits per heavy atom. The van der Waals surface area contributed by atoms with Crippen molar-refractivity contribution < 1.29 is 9.90 Å². The number of nitrogens with zero attached hydrogens (tertiary/aromatic N) is 2. The second-order valence-electron chi connectivity index (χ2n) is 3.97. The molecular formula is C12H12ClN3O2. The summed E-state index contributed by atoms with van der Waals surface area (Å²) in [6, 6.07) is 5.06. The average Bonchev–Trinajstić information content (AvgIpc) is 2.58. The van der Waals surface area contributed by atoms with Crippen molar-refractivity contribution in [2.24, 2.45) is 0 Å². The third-order valence-corrected chi connectivity index (χ3v) is 3.07. The Hall–Kier alpha value is -2.01. The number of carbonyl (C=O) groups is 1. The molecule has 0 aliphatic carbocycles. The molecule has 2 rings (SSSR count). The molecule has 0 amide bonds. The third kappa shape index (κ3) is 1.93. The number of benzene rings is 1. The largest absolute Gasteiger partial charge is 0.478 e. The van der Waals surface area contributed by atoms with E-state index in [1.54, 1.807) is 36.7 Å². The number of nitrogen functional groups attached to an aromatic ring is 1. The lowest BCUT2D eigenvalue weighted by atomic mass is 10.2. The van der Waals surface area contributed by atoms with Gasteiger partial charge in [0.05, 0.1) is 27.8 Å². The number of carboxylic acids is 1. The average molecular weight is 266 g/mol. The van der Waals surface area contributed by atoms with Crippen molar-refractivity contribution in [3.63, 3.8) is 0 Å². The van der Waals surface area contributed by atoms with Crippen molar-refractivity contribution >= 4 is 23.3 Å². The van der Waals surface area contributed by atoms with Crippen LogP contribution in [0.1, 0.15) is 21.7 Å². The van der Waals surface area contributed by atoms with Gasteiger partial charge in [-0.1, -0.05) is 11.6 Å². The van der Waals surface area contributed by atoms with Crippen LogP contribution >= 0.6 is 11.6 Å². The van der Waals surface area contributed by atoms with Crippen LogP contribution in [-0.4, -0.2) is 20.9 Å². The lowest BCUT2D eigenvalue weighted by Crippen LogP contribution is -2.03. The van der Waals surface area contributed by atoms with E-state index in [4.69, 9.17) is 22.4 Å². The van der Waals surface area contributed by atoms with Crippen molar-refractivity contribution in [1.82, 2.24) is 9.78 Å². The first-order valence-electron chi connectivity index (χ1n) is 5.26. The highest BCUT2D eigenvalue weighted by Gasteiger charge is 2.18. The molecule has 0 radical (unpaired) electrons. The fourth-order valence-electron chi connectivity index (χ4n) is 1.87. The number of carboxylic acid groups (broad SMARTS) is 1. The van der Waals surface area contributed by atoms with E-state index >= 15 is 0 Å². The van der Waals surface area contributed by atoms with Gasteiger partial charge < -0.3 is 10.8 Å². The number of hydrogen-bond donors (Lipinski definition) is 2. The highest BCUT2D eigenvalue weighted by molar-refractivity contribution is 6.33. The monoisotopic (exact) mass is 265 g/mol. The van der Waals surface area contributed by atoms with E-state index in [0.29, 0.717) is 27.8 Å². The van der Waals surface area contributed by atoms with Crippen LogP contribution in [0.4, 0.5) is 5.69 Å². The highest BCUT2D eigenvalue weighted by Crippen LogP contribution is 2.24. The van der Waals surface area contributed by atoms with Crippen LogP contribution in [0.25, 0.3) is 5.69 Å². The summed E-state index contributed by atoms with van der Waals surface area (Å²) in [4.78, 5) is 11.1. The zero-order valence-corrected chi connectivity index (χ0v) is 10.7. The summed E-state index contributed by atoms with van der Waals surface area (Å²) in [7, 11) is 0. The second-order valence-corrected chi connectivity index (χ2v) is 4.38. The number of aryl methyl sites for hydroxylation is 1. The Balaban J connectivity index is 2.61. The molecule has 0 saturated carbocycles. The van der Waals surface area contributed by atoms with Gasteiger partial charge in [-0.3, -0.25) is 0 Å². The number of hydrogen-bond acceptors (Lipinski definition) is 3. The van der Waals surface area contributed by atoms with Gasteiger partial charge >= 0.3 is 5.97 Å². The lowest BCUT2D eigenvalue weighted by Gasteiger charge is -2.06. The van der Waals surface area contributed by atoms with Gasteiger partial charge in [0.1, 0.15) is 5.56 Å². The predicted molar refractivity (Wildman–Crippen MR) is 69.4 cm³/mol. The number of rotatable bonds is 2. The van der Waals surface area contributed by atoms with Gasteiger partial charge in [0.25, 0.3) is 0 Å². The quantitative estimate of drug-likeness (QED) is 0.817. The fourth-order valence-corrected chi connectivity index (χ4v) is 1.98. The SMILES string of the molecule is Cc1nn(-c2ccc(Cl)c(N)c2)c(C)c1C(=O)O. The molecule has 5 nitrogen and oxygen atoms in total. The van der Waals surface area contributed by atoms with Crippen molar-refractivity contribution in [2.45, 2.75) is 13.8 Å². The Kier molecular flexibility index (Phi) is 3.00. The molecule has 0 bridgehead atoms. The van der Waals surface area contributed by atoms with E-state index in [0.717, 1.165) is 0 Å². The molecule has 0 saturated heterocycles. The van der Waals surface area contributed by atoms with Gasteiger partial charge in [0.2, 0.25) is 0 Å². The van der Waals surface area contributed by atoms with E-state index in [1.807, 2.05) is 0 Å². The van der Waals surface area contributed by atoms with Gasteiger partial charge in [0.15, 0.2) is 0 Å². The number of aromatic carboxylic acids is 1. The topological polar surface area (TPSA) is 81.1 Å². The molecule has 94 valence electrons. The minimum atomic E-state index is -0.988. The Morgan fingerprint density at radius 3 is 2.61 bits per heavy atom. The van der Waals surface area contributed by atoms with Crippen LogP contribution in [0, 0.1) is 13.8 Å². The molecule has 0 aliphatic rings. The normalized spacial score (nSPS) is 10.6. The molecule has 0 unspecified atom stereocenters. The van der Waals surface area contributed by atoms with Crippen molar-refractivity contribution in [2.75, 3.05) is 5.73 Å². The molecule has 0 atom stereocenters. The predicted octanol–water partition coefficient (Wildman–Crippen LogP) is 2.42. The number of nitrogens with two attached hydrogens (primary N) is 1. The van der Waals surface area contributed by atoms with Gasteiger partial charge in [0, 0.05) is 0 Å². The van der Waals surface area contributed by atoms with E-state index < -0.39 is 5.97 Å². The molecule has 1 aromatic carbocycles. The van der Waals surface area contributed by atoms with Crippen LogP contribution in [0.15, 0.2) is 18.2 Å². The second kappa shape index (κ2) is 4.34. The molecule has 1 aromatic heterocycles. The number of aromatic nitrogens is 2. The lowest BCUT2D eigenvalue weighted by molar-refractivity contribution is 0.0695. The first-order valence-corrected chi connectivity index (χ1v) is 5.64. The van der Waals surface area contributed by atoms with Crippen molar-refractivity contribution in [3.8, 4) is 5.69 Å². The number of anilines is 1. The van der Waals surface area contributed by atoms with Gasteiger partial charge in [-0.15, -0.1) is 0 Å². The Bertz CT molecular complexity index is 634. The Morgan fingerprint density at radius 2 is 2.11 bits per heavy atom. The van der Waals surface area contributed by atoms with E-state index in [9.17, 15) is 4.79 Å². The summed E-state index contributed by atoms with van der Waals surface area (Å²) in [6.45, 7) is 3.36. The first-order chi connectivity index (χ1) is 8.41. The summed E-state index contributed by atoms with van der Waals surface area (Å²) in [5, 5.41) is 13.8. The maximum atomic E-state index is 11.1. The minimum Gasteiger partial charge on any atom is -0.478 e. The van der Waals surface area contributed by atoms with Crippen LogP contribution in [0.3, 0.4) is 0 Å². The Labute approximate surface area is 109 Å². The summed E-state index contributed by atoms with van der Waals surface area (Å²) in [6.07, 6.45) is 0. The summed E-state index contributed by atoms with van der Waals surface area (Å²) < 4.78 is 1.55. The van der Waals surface area contributed by atoms with Crippen molar-refractivity contribution in [3.05, 3.63) is 40.2 Å². The van der Waals surface area contributed by atoms with Gasteiger partial charge in [-0.25, -0.2) is 9.48 Å². The molecule has 0 spiro atoms. The molecule has 3 N–H and O–H groups in total. The molecular weight excluding hydrogens is 254 g/mol. The molecule has 1 heterocycles. The summed E-state index contributed by atoms with van der Waals surface area (Å²) in [5.41, 5.74) is 8.07. The highest BCUT2D eigenvalue weighted by atomic mass is 35.5. The van der Waals surface area contributed by atoms with E-state index in [2.05, 4.69) is 5.10 Å².